The van der Waals surface area contributed by atoms with Gasteiger partial charge in [0.25, 0.3) is 0 Å². The van der Waals surface area contributed by atoms with Crippen LogP contribution in [0.3, 0.4) is 0 Å². The van der Waals surface area contributed by atoms with Gasteiger partial charge in [0, 0.05) is 28.6 Å². The number of benzene rings is 1. The van der Waals surface area contributed by atoms with Gasteiger partial charge in [0.15, 0.2) is 0 Å². The van der Waals surface area contributed by atoms with E-state index in [0.29, 0.717) is 28.2 Å². The number of nitrogens with one attached hydrogen (secondary N) is 1. The summed E-state index contributed by atoms with van der Waals surface area (Å²) in [6, 6.07) is 5.15. The predicted octanol–water partition coefficient (Wildman–Crippen LogP) is 3.20. The number of hydrogen-bond acceptors (Lipinski definition) is 4. The minimum atomic E-state index is 0.436. The normalized spacial score (nSPS) is 10.8. The zero-order valence-electron chi connectivity index (χ0n) is 9.91. The Balaban J connectivity index is 2.13. The molecule has 0 radical (unpaired) electrons. The van der Waals surface area contributed by atoms with Gasteiger partial charge in [-0.3, -0.25) is 0 Å². The van der Waals surface area contributed by atoms with Gasteiger partial charge in [0.05, 0.1) is 0 Å². The lowest BCUT2D eigenvalue weighted by Gasteiger charge is -1.98. The van der Waals surface area contributed by atoms with Crippen LogP contribution in [-0.4, -0.2) is 23.3 Å². The molecular weight excluding hydrogens is 273 g/mol. The van der Waals surface area contributed by atoms with Crippen molar-refractivity contribution < 1.29 is 4.42 Å². The van der Waals surface area contributed by atoms with Crippen molar-refractivity contribution in [2.75, 3.05) is 13.1 Å². The highest BCUT2D eigenvalue weighted by Crippen LogP contribution is 2.26. The van der Waals surface area contributed by atoms with Crippen LogP contribution in [-0.2, 0) is 6.42 Å². The van der Waals surface area contributed by atoms with E-state index in [-0.39, 0.29) is 0 Å². The van der Waals surface area contributed by atoms with Gasteiger partial charge in [-0.2, -0.15) is 0 Å². The Morgan fingerprint density at radius 1 is 1.17 bits per heavy atom. The topological polar surface area (TPSA) is 51.0 Å². The monoisotopic (exact) mass is 285 g/mol. The van der Waals surface area contributed by atoms with Crippen LogP contribution < -0.4 is 5.32 Å². The molecule has 1 aromatic heterocycles. The molecule has 0 atom stereocenters. The molecule has 0 spiro atoms. The van der Waals surface area contributed by atoms with Gasteiger partial charge in [0.1, 0.15) is 0 Å². The van der Waals surface area contributed by atoms with Gasteiger partial charge < -0.3 is 9.73 Å². The Bertz CT molecular complexity index is 508. The summed E-state index contributed by atoms with van der Waals surface area (Å²) in [5.74, 6) is 1.04. The Morgan fingerprint density at radius 3 is 2.56 bits per heavy atom. The lowest BCUT2D eigenvalue weighted by Crippen LogP contribution is -2.16. The summed E-state index contributed by atoms with van der Waals surface area (Å²) in [5, 5.41) is 12.3. The molecule has 0 saturated carbocycles. The number of rotatable bonds is 5. The summed E-state index contributed by atoms with van der Waals surface area (Å²) in [4.78, 5) is 0. The van der Waals surface area contributed by atoms with E-state index in [0.717, 1.165) is 18.7 Å². The smallest absolute Gasteiger partial charge is 0.247 e. The van der Waals surface area contributed by atoms with Gasteiger partial charge in [-0.05, 0) is 24.7 Å². The molecule has 0 aliphatic rings. The quantitative estimate of drug-likeness (QED) is 0.858. The first-order valence-corrected chi connectivity index (χ1v) is 6.44. The molecule has 1 aromatic carbocycles. The molecule has 2 rings (SSSR count). The second kappa shape index (κ2) is 6.18. The first-order chi connectivity index (χ1) is 8.69. The molecular formula is C12H13Cl2N3O. The average Bonchev–Trinajstić information content (AvgIpc) is 2.77. The first kappa shape index (κ1) is 13.3. The van der Waals surface area contributed by atoms with E-state index < -0.39 is 0 Å². The van der Waals surface area contributed by atoms with Crippen molar-refractivity contribution in [3.8, 4) is 11.5 Å². The minimum Gasteiger partial charge on any atom is -0.421 e. The van der Waals surface area contributed by atoms with Crippen LogP contribution >= 0.6 is 23.2 Å². The molecule has 0 saturated heterocycles. The lowest BCUT2D eigenvalue weighted by atomic mass is 10.2. The lowest BCUT2D eigenvalue weighted by molar-refractivity contribution is 0.496. The molecule has 0 unspecified atom stereocenters. The van der Waals surface area contributed by atoms with E-state index in [1.165, 1.54) is 0 Å². The molecule has 1 N–H and O–H groups in total. The number of nitrogens with zero attached hydrogens (tertiary/aromatic N) is 2. The van der Waals surface area contributed by atoms with Crippen molar-refractivity contribution >= 4 is 23.2 Å². The second-order valence-electron chi connectivity index (χ2n) is 3.76. The highest BCUT2D eigenvalue weighted by Gasteiger charge is 2.09. The molecule has 0 fully saturated rings. The first-order valence-electron chi connectivity index (χ1n) is 5.68. The Kier molecular flexibility index (Phi) is 4.58. The fourth-order valence-corrected chi connectivity index (χ4v) is 2.05. The molecule has 96 valence electrons. The van der Waals surface area contributed by atoms with Crippen LogP contribution in [0.15, 0.2) is 22.6 Å². The van der Waals surface area contributed by atoms with Gasteiger partial charge in [-0.25, -0.2) is 0 Å². The molecule has 4 nitrogen and oxygen atoms in total. The summed E-state index contributed by atoms with van der Waals surface area (Å²) in [7, 11) is 0. The Labute approximate surface area is 115 Å². The summed E-state index contributed by atoms with van der Waals surface area (Å²) in [6.45, 7) is 3.78. The van der Waals surface area contributed by atoms with Crippen molar-refractivity contribution in [1.82, 2.24) is 15.5 Å². The maximum absolute atomic E-state index is 5.92. The Morgan fingerprint density at radius 2 is 1.89 bits per heavy atom. The highest BCUT2D eigenvalue weighted by molar-refractivity contribution is 6.35. The van der Waals surface area contributed by atoms with Gasteiger partial charge in [0.2, 0.25) is 11.8 Å². The van der Waals surface area contributed by atoms with Crippen molar-refractivity contribution in [3.05, 3.63) is 34.1 Å². The number of halogens is 2. The minimum absolute atomic E-state index is 0.436. The summed E-state index contributed by atoms with van der Waals surface area (Å²) >= 11 is 11.8. The van der Waals surface area contributed by atoms with Crippen LogP contribution in [0.5, 0.6) is 0 Å². The van der Waals surface area contributed by atoms with Gasteiger partial charge >= 0.3 is 0 Å². The number of aromatic nitrogens is 2. The van der Waals surface area contributed by atoms with Gasteiger partial charge in [-0.15, -0.1) is 10.2 Å². The standard InChI is InChI=1S/C12H13Cl2N3O/c1-2-15-4-3-11-16-17-12(18-11)8-5-9(13)7-10(14)6-8/h5-7,15H,2-4H2,1H3. The molecule has 2 aromatic rings. The third-order valence-corrected chi connectivity index (χ3v) is 2.78. The van der Waals surface area contributed by atoms with Gasteiger partial charge in [-0.1, -0.05) is 30.1 Å². The average molecular weight is 286 g/mol. The third-order valence-electron chi connectivity index (χ3n) is 2.34. The van der Waals surface area contributed by atoms with E-state index in [1.54, 1.807) is 18.2 Å². The number of hydrogen-bond donors (Lipinski definition) is 1. The molecule has 18 heavy (non-hydrogen) atoms. The van der Waals surface area contributed by atoms with E-state index in [9.17, 15) is 0 Å². The van der Waals surface area contributed by atoms with E-state index in [4.69, 9.17) is 27.6 Å². The van der Waals surface area contributed by atoms with Crippen LogP contribution in [0.2, 0.25) is 10.0 Å². The van der Waals surface area contributed by atoms with Crippen LogP contribution in [0, 0.1) is 0 Å². The zero-order chi connectivity index (χ0) is 13.0. The van der Waals surface area contributed by atoms with E-state index >= 15 is 0 Å². The maximum atomic E-state index is 5.92. The van der Waals surface area contributed by atoms with Crippen molar-refractivity contribution in [3.63, 3.8) is 0 Å². The molecule has 0 bridgehead atoms. The van der Waals surface area contributed by atoms with Crippen molar-refractivity contribution in [2.24, 2.45) is 0 Å². The molecule has 6 heteroatoms. The maximum Gasteiger partial charge on any atom is 0.247 e. The SMILES string of the molecule is CCNCCc1nnc(-c2cc(Cl)cc(Cl)c2)o1. The van der Waals surface area contributed by atoms with Crippen LogP contribution in [0.4, 0.5) is 0 Å². The fraction of sp³-hybridized carbons (Fsp3) is 0.333. The predicted molar refractivity (Wildman–Crippen MR) is 72.0 cm³/mol. The van der Waals surface area contributed by atoms with Crippen molar-refractivity contribution in [1.29, 1.82) is 0 Å². The highest BCUT2D eigenvalue weighted by atomic mass is 35.5. The fourth-order valence-electron chi connectivity index (χ4n) is 1.52. The summed E-state index contributed by atoms with van der Waals surface area (Å²) < 4.78 is 5.55. The van der Waals surface area contributed by atoms with Crippen LogP contribution in [0.1, 0.15) is 12.8 Å². The second-order valence-corrected chi connectivity index (χ2v) is 4.64. The number of likely N-dealkylation sites (N-methyl/N-ethyl adjacent to an activating group) is 1. The molecule has 0 amide bonds. The Hall–Kier alpha value is -1.10. The third kappa shape index (κ3) is 3.45. The summed E-state index contributed by atoms with van der Waals surface area (Å²) in [5.41, 5.74) is 0.731. The van der Waals surface area contributed by atoms with E-state index in [1.807, 2.05) is 6.92 Å². The van der Waals surface area contributed by atoms with Crippen molar-refractivity contribution in [2.45, 2.75) is 13.3 Å². The van der Waals surface area contributed by atoms with Crippen LogP contribution in [0.25, 0.3) is 11.5 Å². The largest absolute Gasteiger partial charge is 0.421 e. The molecule has 1 heterocycles. The molecule has 0 aliphatic heterocycles. The zero-order valence-corrected chi connectivity index (χ0v) is 11.4. The summed E-state index contributed by atoms with van der Waals surface area (Å²) in [6.07, 6.45) is 0.704. The van der Waals surface area contributed by atoms with E-state index in [2.05, 4.69) is 15.5 Å². The molecule has 0 aliphatic carbocycles.